The van der Waals surface area contributed by atoms with Gasteiger partial charge in [0.1, 0.15) is 5.69 Å². The molecule has 0 aliphatic rings. The molecule has 2 aromatic carbocycles. The van der Waals surface area contributed by atoms with Crippen molar-refractivity contribution in [3.63, 3.8) is 0 Å². The summed E-state index contributed by atoms with van der Waals surface area (Å²) in [7, 11) is -4.03. The predicted molar refractivity (Wildman–Crippen MR) is 98.0 cm³/mol. The van der Waals surface area contributed by atoms with Crippen LogP contribution in [0.4, 0.5) is 8.78 Å². The Morgan fingerprint density at radius 3 is 2.29 bits per heavy atom. The minimum atomic E-state index is -4.03. The molecule has 0 saturated heterocycles. The molecule has 1 aromatic heterocycles. The highest BCUT2D eigenvalue weighted by atomic mass is 32.2. The Balaban J connectivity index is 2.05. The van der Waals surface area contributed by atoms with E-state index in [0.29, 0.717) is 11.1 Å². The number of aromatic nitrogens is 1. The minimum absolute atomic E-state index is 0.0101. The van der Waals surface area contributed by atoms with E-state index in [1.807, 2.05) is 4.72 Å². The number of nitrogens with zero attached hydrogens (tertiary/aromatic N) is 1. The molecule has 0 bridgehead atoms. The third-order valence-electron chi connectivity index (χ3n) is 3.99. The summed E-state index contributed by atoms with van der Waals surface area (Å²) in [6, 6.07) is 13.9. The van der Waals surface area contributed by atoms with Gasteiger partial charge in [0.2, 0.25) is 11.7 Å². The fraction of sp³-hybridized carbons (Fsp3) is 0.158. The van der Waals surface area contributed by atoms with Crippen LogP contribution in [0.1, 0.15) is 25.5 Å². The molecule has 0 aliphatic heterocycles. The molecule has 6 nitrogen and oxygen atoms in total. The van der Waals surface area contributed by atoms with E-state index in [1.165, 1.54) is 31.2 Å². The maximum atomic E-state index is 13.4. The lowest BCUT2D eigenvalue weighted by atomic mass is 9.99. The van der Waals surface area contributed by atoms with E-state index in [9.17, 15) is 22.0 Å². The van der Waals surface area contributed by atoms with Gasteiger partial charge in [-0.05, 0) is 17.7 Å². The summed E-state index contributed by atoms with van der Waals surface area (Å²) in [5, 5.41) is 3.78. The van der Waals surface area contributed by atoms with E-state index >= 15 is 0 Å². The van der Waals surface area contributed by atoms with Crippen molar-refractivity contribution in [1.29, 1.82) is 0 Å². The summed E-state index contributed by atoms with van der Waals surface area (Å²) in [5.41, 5.74) is 1.21. The van der Waals surface area contributed by atoms with Crippen molar-refractivity contribution in [3.05, 3.63) is 60.4 Å². The van der Waals surface area contributed by atoms with E-state index in [-0.39, 0.29) is 22.6 Å². The Bertz CT molecular complexity index is 1080. The SMILES string of the molecule is CCC(=O)NS(=O)(=O)c1ccc(-c2c(-c3ccccc3)noc2C(F)F)cc1. The summed E-state index contributed by atoms with van der Waals surface area (Å²) in [6.07, 6.45) is -2.89. The normalized spacial score (nSPS) is 11.6. The lowest BCUT2D eigenvalue weighted by Crippen LogP contribution is -2.29. The summed E-state index contributed by atoms with van der Waals surface area (Å²) >= 11 is 0. The Kier molecular flexibility index (Phi) is 5.55. The molecule has 0 fully saturated rings. The van der Waals surface area contributed by atoms with Crippen LogP contribution >= 0.6 is 0 Å². The van der Waals surface area contributed by atoms with Crippen molar-refractivity contribution in [3.8, 4) is 22.4 Å². The minimum Gasteiger partial charge on any atom is -0.354 e. The smallest absolute Gasteiger partial charge is 0.298 e. The average molecular weight is 406 g/mol. The van der Waals surface area contributed by atoms with Crippen molar-refractivity contribution in [2.45, 2.75) is 24.7 Å². The quantitative estimate of drug-likeness (QED) is 0.664. The zero-order valence-electron chi connectivity index (χ0n) is 14.7. The first-order valence-electron chi connectivity index (χ1n) is 8.32. The van der Waals surface area contributed by atoms with Gasteiger partial charge in [-0.2, -0.15) is 0 Å². The van der Waals surface area contributed by atoms with Crippen LogP contribution in [0.5, 0.6) is 0 Å². The maximum absolute atomic E-state index is 13.4. The van der Waals surface area contributed by atoms with Crippen LogP contribution in [-0.4, -0.2) is 19.5 Å². The van der Waals surface area contributed by atoms with Gasteiger partial charge in [0.15, 0.2) is 0 Å². The molecule has 0 radical (unpaired) electrons. The van der Waals surface area contributed by atoms with Crippen LogP contribution in [0.3, 0.4) is 0 Å². The van der Waals surface area contributed by atoms with Gasteiger partial charge in [0.05, 0.1) is 10.5 Å². The molecule has 0 atom stereocenters. The molecule has 9 heteroatoms. The largest absolute Gasteiger partial charge is 0.354 e. The second-order valence-electron chi connectivity index (χ2n) is 5.84. The third-order valence-corrected chi connectivity index (χ3v) is 5.38. The van der Waals surface area contributed by atoms with E-state index in [0.717, 1.165) is 0 Å². The van der Waals surface area contributed by atoms with Crippen molar-refractivity contribution < 1.29 is 26.5 Å². The summed E-state index contributed by atoms with van der Waals surface area (Å²) in [4.78, 5) is 11.2. The molecule has 28 heavy (non-hydrogen) atoms. The Hall–Kier alpha value is -3.07. The number of nitrogens with one attached hydrogen (secondary N) is 1. The molecule has 3 rings (SSSR count). The molecule has 0 spiro atoms. The summed E-state index contributed by atoms with van der Waals surface area (Å²) < 4.78 is 58.0. The van der Waals surface area contributed by atoms with Crippen molar-refractivity contribution in [2.24, 2.45) is 0 Å². The van der Waals surface area contributed by atoms with Crippen LogP contribution in [-0.2, 0) is 14.8 Å². The first-order valence-corrected chi connectivity index (χ1v) is 9.81. The highest BCUT2D eigenvalue weighted by molar-refractivity contribution is 7.90. The molecule has 146 valence electrons. The summed E-state index contributed by atoms with van der Waals surface area (Å²) in [5.74, 6) is -1.25. The number of hydrogen-bond donors (Lipinski definition) is 1. The van der Waals surface area contributed by atoms with E-state index in [1.54, 1.807) is 30.3 Å². The predicted octanol–water partition coefficient (Wildman–Crippen LogP) is 4.16. The monoisotopic (exact) mass is 406 g/mol. The number of alkyl halides is 2. The van der Waals surface area contributed by atoms with Crippen molar-refractivity contribution in [2.75, 3.05) is 0 Å². The molecule has 0 unspecified atom stereocenters. The number of rotatable bonds is 6. The molecule has 0 saturated carbocycles. The highest BCUT2D eigenvalue weighted by Crippen LogP contribution is 2.39. The molecular formula is C19H16F2N2O4S. The lowest BCUT2D eigenvalue weighted by Gasteiger charge is -2.08. The number of amides is 1. The van der Waals surface area contributed by atoms with Gasteiger partial charge in [0, 0.05) is 12.0 Å². The van der Waals surface area contributed by atoms with E-state index in [2.05, 4.69) is 5.16 Å². The zero-order chi connectivity index (χ0) is 20.3. The fourth-order valence-electron chi connectivity index (χ4n) is 2.61. The third kappa shape index (κ3) is 3.94. The van der Waals surface area contributed by atoms with Gasteiger partial charge in [-0.1, -0.05) is 54.5 Å². The van der Waals surface area contributed by atoms with Crippen LogP contribution in [0.2, 0.25) is 0 Å². The van der Waals surface area contributed by atoms with Crippen LogP contribution in [0.25, 0.3) is 22.4 Å². The van der Waals surface area contributed by atoms with E-state index in [4.69, 9.17) is 4.52 Å². The Morgan fingerprint density at radius 1 is 1.07 bits per heavy atom. The molecule has 1 amide bonds. The second-order valence-corrected chi connectivity index (χ2v) is 7.53. The molecule has 1 heterocycles. The summed E-state index contributed by atoms with van der Waals surface area (Å²) in [6.45, 7) is 1.52. The number of carbonyl (C=O) groups is 1. The topological polar surface area (TPSA) is 89.3 Å². The first kappa shape index (κ1) is 19.7. The molecule has 0 aliphatic carbocycles. The highest BCUT2D eigenvalue weighted by Gasteiger charge is 2.26. The fourth-order valence-corrected chi connectivity index (χ4v) is 3.66. The van der Waals surface area contributed by atoms with Gasteiger partial charge in [-0.15, -0.1) is 0 Å². The first-order chi connectivity index (χ1) is 13.3. The van der Waals surface area contributed by atoms with Gasteiger partial charge in [0.25, 0.3) is 16.4 Å². The number of sulfonamides is 1. The van der Waals surface area contributed by atoms with E-state index < -0.39 is 28.1 Å². The average Bonchev–Trinajstić information content (AvgIpc) is 3.14. The molecular weight excluding hydrogens is 390 g/mol. The number of hydrogen-bond acceptors (Lipinski definition) is 5. The molecule has 1 N–H and O–H groups in total. The zero-order valence-corrected chi connectivity index (χ0v) is 15.5. The maximum Gasteiger partial charge on any atom is 0.298 e. The number of benzene rings is 2. The van der Waals surface area contributed by atoms with Crippen LogP contribution < -0.4 is 4.72 Å². The van der Waals surface area contributed by atoms with Crippen molar-refractivity contribution >= 4 is 15.9 Å². The standard InChI is InChI=1S/C19H16F2N2O4S/c1-2-15(24)23-28(25,26)14-10-8-12(9-11-14)16-17(13-6-4-3-5-7-13)22-27-18(16)19(20)21/h3-11,19H,2H2,1H3,(H,23,24). The Labute approximate surface area is 160 Å². The number of halogens is 2. The van der Waals surface area contributed by atoms with Gasteiger partial charge in [-0.25, -0.2) is 21.9 Å². The number of carbonyl (C=O) groups excluding carboxylic acids is 1. The molecule has 3 aromatic rings. The van der Waals surface area contributed by atoms with Crippen LogP contribution in [0, 0.1) is 0 Å². The van der Waals surface area contributed by atoms with Crippen LogP contribution in [0.15, 0.2) is 64.0 Å². The van der Waals surface area contributed by atoms with Gasteiger partial charge in [-0.3, -0.25) is 4.79 Å². The lowest BCUT2D eigenvalue weighted by molar-refractivity contribution is -0.119. The van der Waals surface area contributed by atoms with Gasteiger partial charge < -0.3 is 4.52 Å². The van der Waals surface area contributed by atoms with Crippen molar-refractivity contribution in [1.82, 2.24) is 9.88 Å². The van der Waals surface area contributed by atoms with Gasteiger partial charge >= 0.3 is 0 Å². The Morgan fingerprint density at radius 2 is 1.71 bits per heavy atom. The second kappa shape index (κ2) is 7.89.